The van der Waals surface area contributed by atoms with Gasteiger partial charge in [0.2, 0.25) is 0 Å². The van der Waals surface area contributed by atoms with Gasteiger partial charge in [-0.05, 0) is 23.5 Å². The Bertz CT molecular complexity index is 292. The van der Waals surface area contributed by atoms with E-state index in [1.807, 2.05) is 0 Å². The molecule has 1 unspecified atom stereocenters. The van der Waals surface area contributed by atoms with E-state index in [0.29, 0.717) is 10.5 Å². The number of rotatable bonds is 4. The number of allylic oxidation sites excluding steroid dienone is 5. The lowest BCUT2D eigenvalue weighted by atomic mass is 10.2. The lowest BCUT2D eigenvalue weighted by Gasteiger charge is -2.11. The minimum absolute atomic E-state index is 0.481. The molecule has 0 nitrogen and oxygen atoms in total. The normalized spacial score (nSPS) is 21.2. The second kappa shape index (κ2) is 7.70. The van der Waals surface area contributed by atoms with Gasteiger partial charge in [-0.15, -0.1) is 0 Å². The summed E-state index contributed by atoms with van der Waals surface area (Å²) in [7, 11) is 0.481. The van der Waals surface area contributed by atoms with Crippen LogP contribution in [0, 0.1) is 0 Å². The van der Waals surface area contributed by atoms with Crippen molar-refractivity contribution in [2.45, 2.75) is 33.1 Å². The Labute approximate surface area is 96.7 Å². The Morgan fingerprint density at radius 3 is 2.60 bits per heavy atom. The summed E-state index contributed by atoms with van der Waals surface area (Å²) in [6.07, 6.45) is 17.1. The third-order valence-electron chi connectivity index (χ3n) is 2.37. The van der Waals surface area contributed by atoms with Gasteiger partial charge >= 0.3 is 0 Å². The zero-order chi connectivity index (χ0) is 10.9. The van der Waals surface area contributed by atoms with Gasteiger partial charge in [-0.1, -0.05) is 56.7 Å². The van der Waals surface area contributed by atoms with Crippen molar-refractivity contribution in [3.8, 4) is 0 Å². The molecule has 15 heavy (non-hydrogen) atoms. The van der Waals surface area contributed by atoms with Crippen LogP contribution in [-0.4, -0.2) is 16.4 Å². The van der Waals surface area contributed by atoms with Crippen molar-refractivity contribution in [3.05, 3.63) is 36.5 Å². The predicted molar refractivity (Wildman–Crippen MR) is 75.0 cm³/mol. The minimum Gasteiger partial charge on any atom is -0.179 e. The Hall–Kier alpha value is -0.560. The molecule has 0 amide bonds. The third kappa shape index (κ3) is 4.65. The van der Waals surface area contributed by atoms with E-state index >= 15 is 0 Å². The first-order valence-electron chi connectivity index (χ1n) is 5.91. The summed E-state index contributed by atoms with van der Waals surface area (Å²) in [5, 5.41) is 0. The van der Waals surface area contributed by atoms with Crippen LogP contribution in [-0.2, 0) is 0 Å². The fraction of sp³-hybridized carbons (Fsp3) is 0.500. The molecule has 0 radical (unpaired) electrons. The van der Waals surface area contributed by atoms with Crippen molar-refractivity contribution in [3.63, 3.8) is 0 Å². The Morgan fingerprint density at radius 2 is 1.87 bits per heavy atom. The smallest absolute Gasteiger partial charge is 0.00689 e. The van der Waals surface area contributed by atoms with E-state index in [-0.39, 0.29) is 0 Å². The van der Waals surface area contributed by atoms with E-state index in [1.165, 1.54) is 30.8 Å². The second-order valence-electron chi connectivity index (χ2n) is 3.75. The maximum absolute atomic E-state index is 2.34. The summed E-state index contributed by atoms with van der Waals surface area (Å²) >= 11 is 0. The van der Waals surface area contributed by atoms with E-state index < -0.39 is 0 Å². The van der Waals surface area contributed by atoms with Crippen molar-refractivity contribution >= 4 is 15.3 Å². The van der Waals surface area contributed by atoms with Crippen LogP contribution in [0.2, 0.25) is 0 Å². The predicted octanol–water partition coefficient (Wildman–Crippen LogP) is 4.32. The molecule has 84 valence electrons. The summed E-state index contributed by atoms with van der Waals surface area (Å²) < 4.78 is 0. The van der Waals surface area contributed by atoms with E-state index in [4.69, 9.17) is 0 Å². The molecule has 0 aliphatic carbocycles. The second-order valence-corrected chi connectivity index (χ2v) is 6.00. The van der Waals surface area contributed by atoms with Crippen molar-refractivity contribution in [2.75, 3.05) is 11.5 Å². The Kier molecular flexibility index (Phi) is 6.42. The SMILES string of the molecule is CCCC1=S(CCC)CC=CC=CC=C1. The van der Waals surface area contributed by atoms with Gasteiger partial charge in [0.05, 0.1) is 0 Å². The summed E-state index contributed by atoms with van der Waals surface area (Å²) in [6, 6.07) is 0. The summed E-state index contributed by atoms with van der Waals surface area (Å²) in [5.74, 6) is 2.59. The van der Waals surface area contributed by atoms with Crippen LogP contribution in [0.15, 0.2) is 36.5 Å². The molecule has 1 heteroatoms. The highest BCUT2D eigenvalue weighted by Crippen LogP contribution is 2.21. The van der Waals surface area contributed by atoms with Crippen LogP contribution in [0.25, 0.3) is 0 Å². The maximum atomic E-state index is 2.34. The molecule has 0 spiro atoms. The van der Waals surface area contributed by atoms with Gasteiger partial charge in [-0.2, -0.15) is 10.5 Å². The molecule has 1 aliphatic heterocycles. The lowest BCUT2D eigenvalue weighted by molar-refractivity contribution is 1.01. The largest absolute Gasteiger partial charge is 0.179 e. The van der Waals surface area contributed by atoms with Crippen LogP contribution < -0.4 is 0 Å². The van der Waals surface area contributed by atoms with E-state index in [0.717, 1.165) is 0 Å². The van der Waals surface area contributed by atoms with E-state index in [1.54, 1.807) is 4.86 Å². The molecule has 1 aliphatic rings. The van der Waals surface area contributed by atoms with Crippen LogP contribution in [0.1, 0.15) is 33.1 Å². The number of hydrogen-bond acceptors (Lipinski definition) is 0. The van der Waals surface area contributed by atoms with Crippen LogP contribution >= 0.6 is 10.5 Å². The topological polar surface area (TPSA) is 0 Å². The molecule has 1 atom stereocenters. The highest BCUT2D eigenvalue weighted by molar-refractivity contribution is 8.16. The van der Waals surface area contributed by atoms with Crippen molar-refractivity contribution in [1.82, 2.24) is 0 Å². The third-order valence-corrected chi connectivity index (χ3v) is 4.94. The number of hydrogen-bond donors (Lipinski definition) is 0. The highest BCUT2D eigenvalue weighted by atomic mass is 32.2. The standard InChI is InChI=1S/C14H22S/c1-3-10-14-11-8-6-5-7-9-13-15(14)12-4-2/h5-9,11H,3-4,10,12-13H2,1-2H3. The zero-order valence-corrected chi connectivity index (χ0v) is 10.7. The molecule has 0 aromatic rings. The molecule has 1 heterocycles. The molecular weight excluding hydrogens is 200 g/mol. The Balaban J connectivity index is 2.88. The van der Waals surface area contributed by atoms with Gasteiger partial charge in [0.25, 0.3) is 0 Å². The molecule has 1 rings (SSSR count). The molecule has 0 bridgehead atoms. The average Bonchev–Trinajstić information content (AvgIpc) is 2.34. The van der Waals surface area contributed by atoms with Gasteiger partial charge < -0.3 is 0 Å². The van der Waals surface area contributed by atoms with Crippen molar-refractivity contribution < 1.29 is 0 Å². The molecule has 0 N–H and O–H groups in total. The molecule has 0 aromatic carbocycles. The van der Waals surface area contributed by atoms with E-state index in [9.17, 15) is 0 Å². The van der Waals surface area contributed by atoms with Gasteiger partial charge in [0.1, 0.15) is 0 Å². The van der Waals surface area contributed by atoms with Gasteiger partial charge in [0.15, 0.2) is 0 Å². The summed E-state index contributed by atoms with van der Waals surface area (Å²) in [5.41, 5.74) is 0. The van der Waals surface area contributed by atoms with Crippen molar-refractivity contribution in [1.29, 1.82) is 0 Å². The van der Waals surface area contributed by atoms with Gasteiger partial charge in [-0.25, -0.2) is 0 Å². The van der Waals surface area contributed by atoms with Crippen molar-refractivity contribution in [2.24, 2.45) is 0 Å². The molecule has 0 saturated carbocycles. The molecular formula is C14H22S. The first-order chi connectivity index (χ1) is 7.38. The Morgan fingerprint density at radius 1 is 1.07 bits per heavy atom. The first kappa shape index (κ1) is 12.5. The van der Waals surface area contributed by atoms with Gasteiger partial charge in [-0.3, -0.25) is 0 Å². The van der Waals surface area contributed by atoms with Crippen LogP contribution in [0.3, 0.4) is 0 Å². The molecule has 0 fully saturated rings. The maximum Gasteiger partial charge on any atom is 0.00689 e. The van der Waals surface area contributed by atoms with Crippen LogP contribution in [0.5, 0.6) is 0 Å². The first-order valence-corrected chi connectivity index (χ1v) is 7.48. The quantitative estimate of drug-likeness (QED) is 0.621. The monoisotopic (exact) mass is 222 g/mol. The van der Waals surface area contributed by atoms with Gasteiger partial charge in [0, 0.05) is 5.75 Å². The summed E-state index contributed by atoms with van der Waals surface area (Å²) in [6.45, 7) is 4.56. The minimum atomic E-state index is 0.481. The fourth-order valence-corrected chi connectivity index (χ4v) is 3.92. The zero-order valence-electron chi connectivity index (χ0n) is 9.91. The van der Waals surface area contributed by atoms with E-state index in [2.05, 4.69) is 50.3 Å². The fourth-order valence-electron chi connectivity index (χ4n) is 1.68. The molecule has 0 aromatic heterocycles. The van der Waals surface area contributed by atoms with Crippen LogP contribution in [0.4, 0.5) is 0 Å². The lowest BCUT2D eigenvalue weighted by Crippen LogP contribution is -1.98. The molecule has 0 saturated heterocycles. The average molecular weight is 222 g/mol. The summed E-state index contributed by atoms with van der Waals surface area (Å²) in [4.78, 5) is 1.66. The highest BCUT2D eigenvalue weighted by Gasteiger charge is 2.00.